The highest BCUT2D eigenvalue weighted by molar-refractivity contribution is 5.22. The van der Waals surface area contributed by atoms with Crippen LogP contribution in [0.2, 0.25) is 0 Å². The molecule has 0 bridgehead atoms. The minimum atomic E-state index is 0.694. The van der Waals surface area contributed by atoms with Gasteiger partial charge in [-0.1, -0.05) is 29.8 Å². The van der Waals surface area contributed by atoms with Crippen molar-refractivity contribution >= 4 is 0 Å². The van der Waals surface area contributed by atoms with Gasteiger partial charge < -0.3 is 10.1 Å². The number of nitrogens with one attached hydrogen (secondary N) is 1. The molecule has 0 radical (unpaired) electrons. The Morgan fingerprint density at radius 3 is 2.47 bits per heavy atom. The van der Waals surface area contributed by atoms with E-state index >= 15 is 0 Å². The van der Waals surface area contributed by atoms with E-state index in [-0.39, 0.29) is 0 Å². The first-order valence-corrected chi connectivity index (χ1v) is 6.17. The van der Waals surface area contributed by atoms with Crippen molar-refractivity contribution < 1.29 is 4.74 Å². The van der Waals surface area contributed by atoms with Crippen molar-refractivity contribution in [3.8, 4) is 0 Å². The second kappa shape index (κ2) is 8.04. The van der Waals surface area contributed by atoms with Crippen molar-refractivity contribution in [2.45, 2.75) is 26.4 Å². The lowest BCUT2D eigenvalue weighted by Gasteiger charge is -2.06. The fraction of sp³-hybridized carbons (Fsp3) is 0.467. The molecule has 2 nitrogen and oxygen atoms in total. The number of hydrogen-bond acceptors (Lipinski definition) is 2. The SMILES string of the molecule is C=C(C)CCOCc1ccc(CCNC)cc1. The van der Waals surface area contributed by atoms with Crippen LogP contribution in [0.3, 0.4) is 0 Å². The maximum Gasteiger partial charge on any atom is 0.0717 e. The van der Waals surface area contributed by atoms with Crippen LogP contribution in [-0.2, 0) is 17.8 Å². The number of hydrogen-bond donors (Lipinski definition) is 1. The third-order valence-electron chi connectivity index (χ3n) is 2.63. The molecule has 0 aliphatic heterocycles. The highest BCUT2D eigenvalue weighted by Gasteiger charge is 1.95. The highest BCUT2D eigenvalue weighted by atomic mass is 16.5. The van der Waals surface area contributed by atoms with E-state index in [4.69, 9.17) is 4.74 Å². The van der Waals surface area contributed by atoms with Crippen LogP contribution in [0.4, 0.5) is 0 Å². The molecule has 0 aliphatic rings. The summed E-state index contributed by atoms with van der Waals surface area (Å²) in [5.74, 6) is 0. The number of ether oxygens (including phenoxy) is 1. The molecule has 17 heavy (non-hydrogen) atoms. The van der Waals surface area contributed by atoms with Gasteiger partial charge in [0.1, 0.15) is 0 Å². The van der Waals surface area contributed by atoms with E-state index in [1.807, 2.05) is 14.0 Å². The van der Waals surface area contributed by atoms with Crippen molar-refractivity contribution in [1.82, 2.24) is 5.32 Å². The van der Waals surface area contributed by atoms with Gasteiger partial charge in [-0.05, 0) is 44.5 Å². The van der Waals surface area contributed by atoms with Gasteiger partial charge in [-0.3, -0.25) is 0 Å². The average molecular weight is 233 g/mol. The minimum Gasteiger partial charge on any atom is -0.376 e. The van der Waals surface area contributed by atoms with Crippen LogP contribution in [0.15, 0.2) is 36.4 Å². The molecule has 1 aromatic carbocycles. The van der Waals surface area contributed by atoms with Crippen molar-refractivity contribution in [2.75, 3.05) is 20.2 Å². The van der Waals surface area contributed by atoms with Crippen molar-refractivity contribution in [3.05, 3.63) is 47.5 Å². The zero-order chi connectivity index (χ0) is 12.5. The molecule has 2 heteroatoms. The van der Waals surface area contributed by atoms with E-state index in [9.17, 15) is 0 Å². The second-order valence-corrected chi connectivity index (χ2v) is 4.43. The summed E-state index contributed by atoms with van der Waals surface area (Å²) in [6.45, 7) is 8.36. The van der Waals surface area contributed by atoms with Gasteiger partial charge in [-0.15, -0.1) is 6.58 Å². The lowest BCUT2D eigenvalue weighted by Crippen LogP contribution is -2.10. The quantitative estimate of drug-likeness (QED) is 0.550. The fourth-order valence-electron chi connectivity index (χ4n) is 1.51. The van der Waals surface area contributed by atoms with Crippen LogP contribution in [0, 0.1) is 0 Å². The van der Waals surface area contributed by atoms with Crippen LogP contribution in [0.1, 0.15) is 24.5 Å². The van der Waals surface area contributed by atoms with Crippen LogP contribution in [0.25, 0.3) is 0 Å². The monoisotopic (exact) mass is 233 g/mol. The third-order valence-corrected chi connectivity index (χ3v) is 2.63. The summed E-state index contributed by atoms with van der Waals surface area (Å²) in [7, 11) is 1.98. The first kappa shape index (κ1) is 13.9. The number of rotatable bonds is 8. The molecule has 0 heterocycles. The highest BCUT2D eigenvalue weighted by Crippen LogP contribution is 2.07. The number of likely N-dealkylation sites (N-methyl/N-ethyl adjacent to an activating group) is 1. The molecule has 0 unspecified atom stereocenters. The topological polar surface area (TPSA) is 21.3 Å². The largest absolute Gasteiger partial charge is 0.376 e. The zero-order valence-electron chi connectivity index (χ0n) is 11.0. The molecule has 1 N–H and O–H groups in total. The van der Waals surface area contributed by atoms with Crippen molar-refractivity contribution in [2.24, 2.45) is 0 Å². The first-order chi connectivity index (χ1) is 8.22. The number of benzene rings is 1. The van der Waals surface area contributed by atoms with E-state index < -0.39 is 0 Å². The molecule has 0 aliphatic carbocycles. The predicted octanol–water partition coefficient (Wildman–Crippen LogP) is 2.93. The Labute approximate surface area is 105 Å². The summed E-state index contributed by atoms with van der Waals surface area (Å²) in [6, 6.07) is 8.64. The lowest BCUT2D eigenvalue weighted by molar-refractivity contribution is 0.124. The molecule has 0 atom stereocenters. The summed E-state index contributed by atoms with van der Waals surface area (Å²) in [6.07, 6.45) is 2.02. The summed E-state index contributed by atoms with van der Waals surface area (Å²) in [5.41, 5.74) is 3.78. The molecular weight excluding hydrogens is 210 g/mol. The lowest BCUT2D eigenvalue weighted by atomic mass is 10.1. The average Bonchev–Trinajstić information content (AvgIpc) is 2.33. The molecular formula is C15H23NO. The minimum absolute atomic E-state index is 0.694. The standard InChI is InChI=1S/C15H23NO/c1-13(2)9-11-17-12-15-6-4-14(5-7-15)8-10-16-3/h4-7,16H,1,8-12H2,2-3H3. The molecule has 0 saturated heterocycles. The Bertz CT molecular complexity index is 329. The summed E-state index contributed by atoms with van der Waals surface area (Å²) in [4.78, 5) is 0. The Hall–Kier alpha value is -1.12. The fourth-order valence-corrected chi connectivity index (χ4v) is 1.51. The van der Waals surface area contributed by atoms with Crippen molar-refractivity contribution in [3.63, 3.8) is 0 Å². The van der Waals surface area contributed by atoms with Gasteiger partial charge >= 0.3 is 0 Å². The van der Waals surface area contributed by atoms with E-state index in [1.54, 1.807) is 0 Å². The maximum absolute atomic E-state index is 5.58. The second-order valence-electron chi connectivity index (χ2n) is 4.43. The van der Waals surface area contributed by atoms with Gasteiger partial charge in [0.15, 0.2) is 0 Å². The molecule has 0 amide bonds. The normalized spacial score (nSPS) is 10.5. The van der Waals surface area contributed by atoms with E-state index in [1.165, 1.54) is 16.7 Å². The summed E-state index contributed by atoms with van der Waals surface area (Å²) >= 11 is 0. The van der Waals surface area contributed by atoms with Crippen LogP contribution in [-0.4, -0.2) is 20.2 Å². The maximum atomic E-state index is 5.58. The van der Waals surface area contributed by atoms with Gasteiger partial charge in [0.2, 0.25) is 0 Å². The smallest absolute Gasteiger partial charge is 0.0717 e. The van der Waals surface area contributed by atoms with E-state index in [0.29, 0.717) is 6.61 Å². The Balaban J connectivity index is 2.27. The molecule has 1 rings (SSSR count). The molecule has 0 spiro atoms. The summed E-state index contributed by atoms with van der Waals surface area (Å²) in [5, 5.41) is 3.15. The zero-order valence-corrected chi connectivity index (χ0v) is 11.0. The Morgan fingerprint density at radius 2 is 1.88 bits per heavy atom. The Kier molecular flexibility index (Phi) is 6.60. The van der Waals surface area contributed by atoms with Crippen LogP contribution in [0.5, 0.6) is 0 Å². The predicted molar refractivity (Wildman–Crippen MR) is 73.2 cm³/mol. The molecule has 0 aromatic heterocycles. The summed E-state index contributed by atoms with van der Waals surface area (Å²) < 4.78 is 5.58. The van der Waals surface area contributed by atoms with Crippen molar-refractivity contribution in [1.29, 1.82) is 0 Å². The van der Waals surface area contributed by atoms with Gasteiger partial charge in [0.05, 0.1) is 13.2 Å². The molecule has 0 fully saturated rings. The van der Waals surface area contributed by atoms with Gasteiger partial charge in [0, 0.05) is 0 Å². The van der Waals surface area contributed by atoms with Crippen LogP contribution < -0.4 is 5.32 Å². The van der Waals surface area contributed by atoms with Gasteiger partial charge in [-0.2, -0.15) is 0 Å². The van der Waals surface area contributed by atoms with Gasteiger partial charge in [0.25, 0.3) is 0 Å². The first-order valence-electron chi connectivity index (χ1n) is 6.17. The van der Waals surface area contributed by atoms with E-state index in [0.717, 1.165) is 26.0 Å². The Morgan fingerprint density at radius 1 is 1.24 bits per heavy atom. The third kappa shape index (κ3) is 6.25. The molecule has 1 aromatic rings. The molecule has 94 valence electrons. The van der Waals surface area contributed by atoms with E-state index in [2.05, 4.69) is 36.2 Å². The molecule has 0 saturated carbocycles. The van der Waals surface area contributed by atoms with Gasteiger partial charge in [-0.25, -0.2) is 0 Å². The van der Waals surface area contributed by atoms with Crippen LogP contribution >= 0.6 is 0 Å².